The summed E-state index contributed by atoms with van der Waals surface area (Å²) in [4.78, 5) is 11.8. The molecule has 0 amide bonds. The molecule has 1 aliphatic rings. The zero-order chi connectivity index (χ0) is 15.5. The van der Waals surface area contributed by atoms with Crippen molar-refractivity contribution in [1.82, 2.24) is 24.6 Å². The molecule has 0 aliphatic carbocycles. The van der Waals surface area contributed by atoms with Gasteiger partial charge >= 0.3 is 0 Å². The molecule has 1 saturated heterocycles. The Bertz CT molecular complexity index is 619. The van der Waals surface area contributed by atoms with Crippen LogP contribution in [0.1, 0.15) is 32.4 Å². The first-order chi connectivity index (χ1) is 10.6. The molecule has 0 bridgehead atoms. The molecule has 3 rings (SSSR count). The van der Waals surface area contributed by atoms with Crippen LogP contribution in [0.2, 0.25) is 0 Å². The first kappa shape index (κ1) is 15.2. The molecule has 1 aliphatic heterocycles. The largest absolute Gasteiger partial charge is 0.301 e. The molecule has 2 aromatic rings. The molecule has 0 spiro atoms. The number of likely N-dealkylation sites (tertiary alicyclic amines) is 1. The van der Waals surface area contributed by atoms with E-state index in [9.17, 15) is 0 Å². The number of hydrogen-bond donors (Lipinski definition) is 0. The minimum absolute atomic E-state index is 0.626. The second-order valence-corrected chi connectivity index (χ2v) is 6.49. The number of piperidine rings is 1. The summed E-state index contributed by atoms with van der Waals surface area (Å²) in [5, 5.41) is 4.26. The zero-order valence-electron chi connectivity index (χ0n) is 13.7. The van der Waals surface area contributed by atoms with Crippen molar-refractivity contribution in [2.45, 2.75) is 39.2 Å². The molecular formula is C17H25N5. The highest BCUT2D eigenvalue weighted by molar-refractivity contribution is 5.56. The Morgan fingerprint density at radius 1 is 1.23 bits per heavy atom. The lowest BCUT2D eigenvalue weighted by Crippen LogP contribution is -2.40. The third-order valence-electron chi connectivity index (χ3n) is 4.60. The van der Waals surface area contributed by atoms with Gasteiger partial charge in [-0.2, -0.15) is 5.10 Å². The highest BCUT2D eigenvalue weighted by atomic mass is 15.3. The Morgan fingerprint density at radius 2 is 2.05 bits per heavy atom. The third kappa shape index (κ3) is 3.19. The van der Waals surface area contributed by atoms with Crippen molar-refractivity contribution >= 4 is 0 Å². The fraction of sp³-hybridized carbons (Fsp3) is 0.588. The van der Waals surface area contributed by atoms with Crippen LogP contribution in [0.3, 0.4) is 0 Å². The fourth-order valence-corrected chi connectivity index (χ4v) is 3.34. The topological polar surface area (TPSA) is 46.8 Å². The predicted molar refractivity (Wildman–Crippen MR) is 87.4 cm³/mol. The molecule has 22 heavy (non-hydrogen) atoms. The fourth-order valence-electron chi connectivity index (χ4n) is 3.34. The van der Waals surface area contributed by atoms with Gasteiger partial charge in [-0.15, -0.1) is 0 Å². The Morgan fingerprint density at radius 3 is 2.77 bits per heavy atom. The van der Waals surface area contributed by atoms with E-state index >= 15 is 0 Å². The van der Waals surface area contributed by atoms with E-state index in [2.05, 4.69) is 33.8 Å². The van der Waals surface area contributed by atoms with Crippen LogP contribution >= 0.6 is 0 Å². The summed E-state index contributed by atoms with van der Waals surface area (Å²) >= 11 is 0. The molecule has 0 radical (unpaired) electrons. The SMILES string of the molecule is CC(C)N1CCC[C@H](Cc2nccnc2-c2ccnn2C)C1. The molecule has 0 N–H and O–H groups in total. The van der Waals surface area contributed by atoms with E-state index in [0.717, 1.165) is 23.5 Å². The van der Waals surface area contributed by atoms with Crippen molar-refractivity contribution in [2.75, 3.05) is 13.1 Å². The monoisotopic (exact) mass is 299 g/mol. The van der Waals surface area contributed by atoms with E-state index in [1.165, 1.54) is 25.9 Å². The zero-order valence-corrected chi connectivity index (χ0v) is 13.7. The summed E-state index contributed by atoms with van der Waals surface area (Å²) in [5.74, 6) is 0.667. The van der Waals surface area contributed by atoms with Crippen LogP contribution in [0.4, 0.5) is 0 Å². The van der Waals surface area contributed by atoms with Gasteiger partial charge < -0.3 is 4.90 Å². The number of hydrogen-bond acceptors (Lipinski definition) is 4. The van der Waals surface area contributed by atoms with E-state index in [4.69, 9.17) is 0 Å². The summed E-state index contributed by atoms with van der Waals surface area (Å²) in [6.07, 6.45) is 8.95. The smallest absolute Gasteiger partial charge is 0.110 e. The predicted octanol–water partition coefficient (Wildman–Crippen LogP) is 2.54. The van der Waals surface area contributed by atoms with Crippen molar-refractivity contribution in [3.63, 3.8) is 0 Å². The van der Waals surface area contributed by atoms with E-state index in [-0.39, 0.29) is 0 Å². The van der Waals surface area contributed by atoms with Gasteiger partial charge in [-0.1, -0.05) is 0 Å². The molecule has 118 valence electrons. The summed E-state index contributed by atoms with van der Waals surface area (Å²) in [7, 11) is 1.95. The molecule has 1 atom stereocenters. The van der Waals surface area contributed by atoms with Crippen molar-refractivity contribution in [2.24, 2.45) is 13.0 Å². The normalized spacial score (nSPS) is 19.7. The Labute approximate surface area is 132 Å². The van der Waals surface area contributed by atoms with Gasteiger partial charge in [-0.3, -0.25) is 14.6 Å². The molecule has 0 saturated carbocycles. The number of aromatic nitrogens is 4. The highest BCUT2D eigenvalue weighted by Gasteiger charge is 2.23. The van der Waals surface area contributed by atoms with Gasteiger partial charge in [0.1, 0.15) is 5.69 Å². The van der Waals surface area contributed by atoms with Crippen molar-refractivity contribution in [3.05, 3.63) is 30.4 Å². The summed E-state index contributed by atoms with van der Waals surface area (Å²) in [5.41, 5.74) is 3.12. The molecular weight excluding hydrogens is 274 g/mol. The molecule has 1 fully saturated rings. The Hall–Kier alpha value is -1.75. The van der Waals surface area contributed by atoms with Crippen molar-refractivity contribution in [1.29, 1.82) is 0 Å². The van der Waals surface area contributed by atoms with Gasteiger partial charge in [-0.25, -0.2) is 0 Å². The van der Waals surface area contributed by atoms with Crippen molar-refractivity contribution < 1.29 is 0 Å². The second kappa shape index (κ2) is 6.57. The van der Waals surface area contributed by atoms with E-state index in [0.29, 0.717) is 12.0 Å². The van der Waals surface area contributed by atoms with Gasteiger partial charge in [0.15, 0.2) is 0 Å². The molecule has 2 aromatic heterocycles. The first-order valence-electron chi connectivity index (χ1n) is 8.17. The van der Waals surface area contributed by atoms with Crippen LogP contribution in [0.25, 0.3) is 11.4 Å². The molecule has 0 unspecified atom stereocenters. The Balaban J connectivity index is 1.80. The van der Waals surface area contributed by atoms with Crippen LogP contribution < -0.4 is 0 Å². The van der Waals surface area contributed by atoms with Crippen LogP contribution in [-0.4, -0.2) is 43.8 Å². The van der Waals surface area contributed by atoms with E-state index in [1.807, 2.05) is 24.0 Å². The summed E-state index contributed by atoms with van der Waals surface area (Å²) in [6.45, 7) is 6.96. The average Bonchev–Trinajstić information content (AvgIpc) is 2.94. The van der Waals surface area contributed by atoms with Gasteiger partial charge in [0.2, 0.25) is 0 Å². The van der Waals surface area contributed by atoms with Gasteiger partial charge in [0.05, 0.1) is 11.4 Å². The third-order valence-corrected chi connectivity index (χ3v) is 4.60. The second-order valence-electron chi connectivity index (χ2n) is 6.49. The molecule has 5 nitrogen and oxygen atoms in total. The maximum absolute atomic E-state index is 4.62. The number of rotatable bonds is 4. The lowest BCUT2D eigenvalue weighted by Gasteiger charge is -2.35. The van der Waals surface area contributed by atoms with Crippen LogP contribution in [0.5, 0.6) is 0 Å². The molecule has 3 heterocycles. The van der Waals surface area contributed by atoms with Crippen LogP contribution in [-0.2, 0) is 13.5 Å². The lowest BCUT2D eigenvalue weighted by molar-refractivity contribution is 0.139. The standard InChI is InChI=1S/C17H25N5/c1-13(2)22-10-4-5-14(12-22)11-15-17(19-9-8-18-15)16-6-7-20-21(16)3/h6-9,13-14H,4-5,10-12H2,1-3H3/t14-/m1/s1. The molecule has 0 aromatic carbocycles. The van der Waals surface area contributed by atoms with Gasteiger partial charge in [-0.05, 0) is 51.6 Å². The number of aryl methyl sites for hydroxylation is 1. The van der Waals surface area contributed by atoms with Crippen molar-refractivity contribution in [3.8, 4) is 11.4 Å². The van der Waals surface area contributed by atoms with Gasteiger partial charge in [0.25, 0.3) is 0 Å². The first-order valence-corrected chi connectivity index (χ1v) is 8.17. The Kier molecular flexibility index (Phi) is 4.52. The van der Waals surface area contributed by atoms with Gasteiger partial charge in [0, 0.05) is 38.2 Å². The van der Waals surface area contributed by atoms with E-state index in [1.54, 1.807) is 12.4 Å². The summed E-state index contributed by atoms with van der Waals surface area (Å²) < 4.78 is 1.87. The highest BCUT2D eigenvalue weighted by Crippen LogP contribution is 2.26. The number of nitrogens with zero attached hydrogens (tertiary/aromatic N) is 5. The van der Waals surface area contributed by atoms with Crippen LogP contribution in [0, 0.1) is 5.92 Å². The molecule has 5 heteroatoms. The van der Waals surface area contributed by atoms with Crippen LogP contribution in [0.15, 0.2) is 24.7 Å². The quantitative estimate of drug-likeness (QED) is 0.870. The van der Waals surface area contributed by atoms with E-state index < -0.39 is 0 Å². The maximum atomic E-state index is 4.62. The minimum Gasteiger partial charge on any atom is -0.301 e. The lowest BCUT2D eigenvalue weighted by atomic mass is 9.91. The average molecular weight is 299 g/mol. The maximum Gasteiger partial charge on any atom is 0.110 e. The summed E-state index contributed by atoms with van der Waals surface area (Å²) in [6, 6.07) is 2.63. The minimum atomic E-state index is 0.626.